The number of anilines is 1. The van der Waals surface area contributed by atoms with Crippen molar-refractivity contribution in [1.82, 2.24) is 4.98 Å². The Hall–Kier alpha value is -1.14. The summed E-state index contributed by atoms with van der Waals surface area (Å²) in [6, 6.07) is 1.93. The molecule has 0 saturated carbocycles. The maximum absolute atomic E-state index is 11.4. The molecule has 2 heterocycles. The van der Waals surface area contributed by atoms with E-state index in [-0.39, 0.29) is 18.1 Å². The third kappa shape index (κ3) is 2.64. The second kappa shape index (κ2) is 4.85. The molecule has 1 aliphatic rings. The molecule has 1 aromatic heterocycles. The van der Waals surface area contributed by atoms with Crippen LogP contribution in [0.3, 0.4) is 0 Å². The first-order valence-electron chi connectivity index (χ1n) is 5.96. The van der Waals surface area contributed by atoms with E-state index in [1.54, 1.807) is 0 Å². The number of sulfone groups is 1. The normalized spacial score (nSPS) is 18.9. The number of hydrogen-bond donors (Lipinski definition) is 1. The lowest BCUT2D eigenvalue weighted by Gasteiger charge is -2.30. The van der Waals surface area contributed by atoms with Crippen LogP contribution in [0.1, 0.15) is 16.8 Å². The Morgan fingerprint density at radius 1 is 1.33 bits per heavy atom. The van der Waals surface area contributed by atoms with Gasteiger partial charge in [-0.15, -0.1) is 0 Å². The highest BCUT2D eigenvalue weighted by Crippen LogP contribution is 2.24. The molecule has 0 amide bonds. The molecule has 1 saturated heterocycles. The summed E-state index contributed by atoms with van der Waals surface area (Å²) in [6.07, 6.45) is 0. The van der Waals surface area contributed by atoms with E-state index < -0.39 is 9.84 Å². The fourth-order valence-corrected chi connectivity index (χ4v) is 3.43. The summed E-state index contributed by atoms with van der Waals surface area (Å²) >= 11 is 0. The van der Waals surface area contributed by atoms with Crippen LogP contribution in [0.5, 0.6) is 0 Å². The van der Waals surface area contributed by atoms with E-state index in [0.29, 0.717) is 13.1 Å². The predicted molar refractivity (Wildman–Crippen MR) is 70.5 cm³/mol. The first-order chi connectivity index (χ1) is 8.43. The largest absolute Gasteiger partial charge is 0.392 e. The molecule has 1 aromatic rings. The Bertz CT molecular complexity index is 541. The molecule has 0 atom stereocenters. The molecule has 1 N–H and O–H groups in total. The molecule has 0 spiro atoms. The van der Waals surface area contributed by atoms with Crippen LogP contribution in [0, 0.1) is 13.8 Å². The number of aliphatic hydroxyl groups is 1. The third-order valence-electron chi connectivity index (χ3n) is 3.26. The highest BCUT2D eigenvalue weighted by molar-refractivity contribution is 7.91. The Morgan fingerprint density at radius 3 is 2.50 bits per heavy atom. The molecule has 0 aliphatic carbocycles. The van der Waals surface area contributed by atoms with Crippen molar-refractivity contribution in [2.75, 3.05) is 29.5 Å². The molecule has 6 heteroatoms. The van der Waals surface area contributed by atoms with Gasteiger partial charge in [-0.2, -0.15) is 0 Å². The molecule has 1 fully saturated rings. The second-order valence-electron chi connectivity index (χ2n) is 4.68. The van der Waals surface area contributed by atoms with Crippen molar-refractivity contribution in [1.29, 1.82) is 0 Å². The maximum Gasteiger partial charge on any atom is 0.153 e. The highest BCUT2D eigenvalue weighted by atomic mass is 32.2. The van der Waals surface area contributed by atoms with Crippen molar-refractivity contribution < 1.29 is 13.5 Å². The van der Waals surface area contributed by atoms with Crippen LogP contribution < -0.4 is 4.90 Å². The molecule has 0 radical (unpaired) electrons. The van der Waals surface area contributed by atoms with Crippen LogP contribution in [0.4, 0.5) is 5.82 Å². The van der Waals surface area contributed by atoms with E-state index in [1.807, 2.05) is 24.8 Å². The van der Waals surface area contributed by atoms with Crippen LogP contribution in [-0.4, -0.2) is 43.1 Å². The molecule has 0 aromatic carbocycles. The molecule has 0 unspecified atom stereocenters. The lowest BCUT2D eigenvalue weighted by Crippen LogP contribution is -2.41. The molecule has 1 aliphatic heterocycles. The predicted octanol–water partition coefficient (Wildman–Crippen LogP) is 0.426. The van der Waals surface area contributed by atoms with E-state index in [1.165, 1.54) is 0 Å². The number of nitrogens with zero attached hydrogens (tertiary/aromatic N) is 2. The van der Waals surface area contributed by atoms with Gasteiger partial charge in [-0.05, 0) is 25.5 Å². The van der Waals surface area contributed by atoms with Crippen molar-refractivity contribution in [2.45, 2.75) is 20.5 Å². The summed E-state index contributed by atoms with van der Waals surface area (Å²) in [7, 11) is -2.90. The van der Waals surface area contributed by atoms with E-state index >= 15 is 0 Å². The van der Waals surface area contributed by atoms with E-state index in [2.05, 4.69) is 4.98 Å². The summed E-state index contributed by atoms with van der Waals surface area (Å²) in [5.74, 6) is 1.05. The van der Waals surface area contributed by atoms with Crippen molar-refractivity contribution in [3.8, 4) is 0 Å². The van der Waals surface area contributed by atoms with Gasteiger partial charge in [-0.3, -0.25) is 0 Å². The number of aromatic nitrogens is 1. The van der Waals surface area contributed by atoms with Gasteiger partial charge in [0.25, 0.3) is 0 Å². The zero-order chi connectivity index (χ0) is 13.3. The molecular weight excluding hydrogens is 252 g/mol. The topological polar surface area (TPSA) is 70.5 Å². The third-order valence-corrected chi connectivity index (χ3v) is 4.86. The summed E-state index contributed by atoms with van der Waals surface area (Å²) in [6.45, 7) is 4.66. The van der Waals surface area contributed by atoms with Gasteiger partial charge in [0.2, 0.25) is 0 Å². The number of pyridine rings is 1. The first kappa shape index (κ1) is 13.3. The number of rotatable bonds is 2. The van der Waals surface area contributed by atoms with Gasteiger partial charge in [0.15, 0.2) is 9.84 Å². The van der Waals surface area contributed by atoms with Gasteiger partial charge < -0.3 is 10.0 Å². The molecule has 5 nitrogen and oxygen atoms in total. The Labute approximate surface area is 107 Å². The lowest BCUT2D eigenvalue weighted by molar-refractivity contribution is 0.280. The second-order valence-corrected chi connectivity index (χ2v) is 6.98. The fourth-order valence-electron chi connectivity index (χ4n) is 2.22. The van der Waals surface area contributed by atoms with Gasteiger partial charge in [-0.25, -0.2) is 13.4 Å². The minimum atomic E-state index is -2.90. The molecule has 2 rings (SSSR count). The van der Waals surface area contributed by atoms with Gasteiger partial charge in [-0.1, -0.05) is 0 Å². The number of aryl methyl sites for hydroxylation is 2. The van der Waals surface area contributed by atoms with Crippen LogP contribution in [0.15, 0.2) is 6.07 Å². The van der Waals surface area contributed by atoms with Gasteiger partial charge in [0.1, 0.15) is 5.82 Å². The van der Waals surface area contributed by atoms with Gasteiger partial charge in [0, 0.05) is 24.3 Å². The average molecular weight is 270 g/mol. The standard InChI is InChI=1S/C12H18N2O3S/c1-9-7-10(2)13-12(11(9)8-15)14-3-5-18(16,17)6-4-14/h7,15H,3-6,8H2,1-2H3. The summed E-state index contributed by atoms with van der Waals surface area (Å²) < 4.78 is 22.8. The van der Waals surface area contributed by atoms with Gasteiger partial charge in [0.05, 0.1) is 18.1 Å². The summed E-state index contributed by atoms with van der Waals surface area (Å²) in [4.78, 5) is 6.40. The van der Waals surface area contributed by atoms with Crippen molar-refractivity contribution in [3.05, 3.63) is 22.9 Å². The van der Waals surface area contributed by atoms with Crippen LogP contribution >= 0.6 is 0 Å². The minimum Gasteiger partial charge on any atom is -0.392 e. The molecule has 0 bridgehead atoms. The quantitative estimate of drug-likeness (QED) is 0.843. The minimum absolute atomic E-state index is 0.0717. The van der Waals surface area contributed by atoms with Crippen molar-refractivity contribution in [3.63, 3.8) is 0 Å². The zero-order valence-corrected chi connectivity index (χ0v) is 11.5. The van der Waals surface area contributed by atoms with Crippen LogP contribution in [-0.2, 0) is 16.4 Å². The van der Waals surface area contributed by atoms with E-state index in [0.717, 1.165) is 22.6 Å². The van der Waals surface area contributed by atoms with Crippen molar-refractivity contribution in [2.24, 2.45) is 0 Å². The molecule has 18 heavy (non-hydrogen) atoms. The average Bonchev–Trinajstić information content (AvgIpc) is 2.28. The maximum atomic E-state index is 11.4. The molecule has 100 valence electrons. The Balaban J connectivity index is 2.34. The number of hydrogen-bond acceptors (Lipinski definition) is 5. The highest BCUT2D eigenvalue weighted by Gasteiger charge is 2.24. The van der Waals surface area contributed by atoms with Crippen LogP contribution in [0.25, 0.3) is 0 Å². The molecular formula is C12H18N2O3S. The Kier molecular flexibility index (Phi) is 3.59. The summed E-state index contributed by atoms with van der Waals surface area (Å²) in [5.41, 5.74) is 2.67. The van der Waals surface area contributed by atoms with E-state index in [4.69, 9.17) is 0 Å². The Morgan fingerprint density at radius 2 is 1.94 bits per heavy atom. The van der Waals surface area contributed by atoms with Crippen molar-refractivity contribution >= 4 is 15.7 Å². The summed E-state index contributed by atoms with van der Waals surface area (Å²) in [5, 5.41) is 9.44. The smallest absolute Gasteiger partial charge is 0.153 e. The lowest BCUT2D eigenvalue weighted by atomic mass is 10.1. The first-order valence-corrected chi connectivity index (χ1v) is 7.78. The zero-order valence-electron chi connectivity index (χ0n) is 10.7. The fraction of sp³-hybridized carbons (Fsp3) is 0.583. The van der Waals surface area contributed by atoms with Crippen LogP contribution in [0.2, 0.25) is 0 Å². The van der Waals surface area contributed by atoms with Gasteiger partial charge >= 0.3 is 0 Å². The SMILES string of the molecule is Cc1cc(C)c(CO)c(N2CCS(=O)(=O)CC2)n1. The monoisotopic (exact) mass is 270 g/mol. The number of aliphatic hydroxyl groups excluding tert-OH is 1. The van der Waals surface area contributed by atoms with E-state index in [9.17, 15) is 13.5 Å².